The third kappa shape index (κ3) is 3.53. The van der Waals surface area contributed by atoms with Gasteiger partial charge < -0.3 is 9.73 Å². The highest BCUT2D eigenvalue weighted by atomic mass is 79.9. The Morgan fingerprint density at radius 1 is 1.32 bits per heavy atom. The Morgan fingerprint density at radius 3 is 2.63 bits per heavy atom. The molecule has 3 nitrogen and oxygen atoms in total. The minimum atomic E-state index is -0.302. The van der Waals surface area contributed by atoms with Crippen LogP contribution in [0.25, 0.3) is 0 Å². The lowest BCUT2D eigenvalue weighted by atomic mass is 10.1. The number of benzene rings is 1. The van der Waals surface area contributed by atoms with Gasteiger partial charge in [0.05, 0.1) is 6.04 Å². The van der Waals surface area contributed by atoms with Gasteiger partial charge in [0.25, 0.3) is 5.91 Å². The quantitative estimate of drug-likeness (QED) is 0.848. The number of rotatable bonds is 3. The maximum atomic E-state index is 11.9. The van der Waals surface area contributed by atoms with Crippen LogP contribution < -0.4 is 5.32 Å². The highest BCUT2D eigenvalue weighted by Gasteiger charge is 2.16. The topological polar surface area (TPSA) is 42.2 Å². The zero-order chi connectivity index (χ0) is 14.0. The van der Waals surface area contributed by atoms with Gasteiger partial charge in [0.2, 0.25) is 0 Å². The van der Waals surface area contributed by atoms with Crippen LogP contribution in [0.5, 0.6) is 0 Å². The Balaban J connectivity index is 2.12. The van der Waals surface area contributed by atoms with E-state index in [1.165, 1.54) is 0 Å². The molecule has 2 rings (SSSR count). The fraction of sp³-hybridized carbons (Fsp3) is 0.154. The predicted molar refractivity (Wildman–Crippen MR) is 78.8 cm³/mol. The van der Waals surface area contributed by atoms with Crippen LogP contribution in [-0.4, -0.2) is 5.91 Å². The number of amides is 1. The summed E-state index contributed by atoms with van der Waals surface area (Å²) in [4.78, 5) is 11.9. The molecule has 6 heteroatoms. The molecule has 1 aromatic carbocycles. The monoisotopic (exact) mass is 361 g/mol. The molecule has 0 radical (unpaired) electrons. The predicted octanol–water partition coefficient (Wildman–Crippen LogP) is 4.84. The molecule has 1 atom stereocenters. The van der Waals surface area contributed by atoms with E-state index in [1.54, 1.807) is 30.3 Å². The van der Waals surface area contributed by atoms with Crippen molar-refractivity contribution in [2.45, 2.75) is 13.0 Å². The van der Waals surface area contributed by atoms with Crippen molar-refractivity contribution in [3.05, 3.63) is 56.4 Å². The van der Waals surface area contributed by atoms with E-state index in [9.17, 15) is 4.79 Å². The van der Waals surface area contributed by atoms with E-state index >= 15 is 0 Å². The second-order valence-corrected chi connectivity index (χ2v) is 5.59. The van der Waals surface area contributed by atoms with Crippen LogP contribution >= 0.6 is 39.1 Å². The van der Waals surface area contributed by atoms with Crippen molar-refractivity contribution >= 4 is 45.0 Å². The summed E-state index contributed by atoms with van der Waals surface area (Å²) in [6, 6.07) is 8.17. The fourth-order valence-electron chi connectivity index (χ4n) is 1.63. The van der Waals surface area contributed by atoms with Crippen molar-refractivity contribution in [3.63, 3.8) is 0 Å². The molecule has 1 unspecified atom stereocenters. The molecule has 0 aliphatic rings. The molecular weight excluding hydrogens is 353 g/mol. The lowest BCUT2D eigenvalue weighted by Crippen LogP contribution is -2.26. The normalized spacial score (nSPS) is 12.2. The Bertz CT molecular complexity index is 612. The number of halogens is 3. The van der Waals surface area contributed by atoms with Gasteiger partial charge in [0.15, 0.2) is 10.4 Å². The molecule has 19 heavy (non-hydrogen) atoms. The average Bonchev–Trinajstić information content (AvgIpc) is 2.75. The Hall–Kier alpha value is -0.970. The van der Waals surface area contributed by atoms with E-state index < -0.39 is 0 Å². The molecule has 2 aromatic rings. The van der Waals surface area contributed by atoms with Crippen molar-refractivity contribution in [2.75, 3.05) is 0 Å². The molecule has 1 heterocycles. The summed E-state index contributed by atoms with van der Waals surface area (Å²) in [5.74, 6) is -0.0620. The zero-order valence-electron chi connectivity index (χ0n) is 9.91. The van der Waals surface area contributed by atoms with Crippen LogP contribution in [0.15, 0.2) is 39.4 Å². The van der Waals surface area contributed by atoms with E-state index in [1.807, 2.05) is 6.92 Å². The van der Waals surface area contributed by atoms with Gasteiger partial charge in [-0.3, -0.25) is 4.79 Å². The third-order valence-electron chi connectivity index (χ3n) is 2.57. The number of carbonyl (C=O) groups excluding carboxylic acids is 1. The molecule has 0 saturated heterocycles. The highest BCUT2D eigenvalue weighted by molar-refractivity contribution is 9.10. The first-order valence-corrected chi connectivity index (χ1v) is 7.03. The molecule has 1 amide bonds. The molecule has 0 fully saturated rings. The maximum absolute atomic E-state index is 11.9. The van der Waals surface area contributed by atoms with E-state index in [0.717, 1.165) is 5.56 Å². The number of nitrogens with one attached hydrogen (secondary N) is 1. The van der Waals surface area contributed by atoms with Crippen molar-refractivity contribution in [1.29, 1.82) is 0 Å². The molecule has 0 bridgehead atoms. The van der Waals surface area contributed by atoms with E-state index in [0.29, 0.717) is 14.7 Å². The summed E-state index contributed by atoms with van der Waals surface area (Å²) in [6.45, 7) is 1.84. The number of furan rings is 1. The van der Waals surface area contributed by atoms with E-state index in [-0.39, 0.29) is 17.7 Å². The Morgan fingerprint density at radius 2 is 2.05 bits per heavy atom. The molecular formula is C13H10BrCl2NO2. The summed E-state index contributed by atoms with van der Waals surface area (Å²) in [6.07, 6.45) is 0. The molecule has 1 N–H and O–H groups in total. The van der Waals surface area contributed by atoms with Crippen LogP contribution in [0.1, 0.15) is 29.1 Å². The highest BCUT2D eigenvalue weighted by Crippen LogP contribution is 2.26. The summed E-state index contributed by atoms with van der Waals surface area (Å²) in [5, 5.41) is 3.88. The average molecular weight is 363 g/mol. The molecule has 0 spiro atoms. The van der Waals surface area contributed by atoms with E-state index in [2.05, 4.69) is 21.2 Å². The van der Waals surface area contributed by atoms with Crippen LogP contribution in [-0.2, 0) is 0 Å². The minimum Gasteiger partial charge on any atom is -0.444 e. The van der Waals surface area contributed by atoms with Gasteiger partial charge in [-0.05, 0) is 52.7 Å². The van der Waals surface area contributed by atoms with Crippen LogP contribution in [0.4, 0.5) is 0 Å². The second-order valence-electron chi connectivity index (χ2n) is 3.96. The maximum Gasteiger partial charge on any atom is 0.287 e. The van der Waals surface area contributed by atoms with Gasteiger partial charge in [-0.2, -0.15) is 0 Å². The van der Waals surface area contributed by atoms with Crippen molar-refractivity contribution < 1.29 is 9.21 Å². The van der Waals surface area contributed by atoms with Gasteiger partial charge in [-0.15, -0.1) is 0 Å². The van der Waals surface area contributed by atoms with Crippen molar-refractivity contribution in [3.8, 4) is 0 Å². The first-order chi connectivity index (χ1) is 8.97. The lowest BCUT2D eigenvalue weighted by Gasteiger charge is -2.15. The minimum absolute atomic E-state index is 0.240. The molecule has 100 valence electrons. The van der Waals surface area contributed by atoms with Gasteiger partial charge in [0, 0.05) is 10.0 Å². The second kappa shape index (κ2) is 5.99. The van der Waals surface area contributed by atoms with Crippen LogP contribution in [0, 0.1) is 0 Å². The van der Waals surface area contributed by atoms with Gasteiger partial charge in [-0.1, -0.05) is 29.3 Å². The lowest BCUT2D eigenvalue weighted by molar-refractivity contribution is 0.0910. The Labute approximate surface area is 129 Å². The largest absolute Gasteiger partial charge is 0.444 e. The van der Waals surface area contributed by atoms with Gasteiger partial charge in [-0.25, -0.2) is 0 Å². The van der Waals surface area contributed by atoms with Crippen LogP contribution in [0.3, 0.4) is 0 Å². The molecule has 0 aliphatic carbocycles. The summed E-state index contributed by atoms with van der Waals surface area (Å²) in [7, 11) is 0. The number of hydrogen-bond donors (Lipinski definition) is 1. The first kappa shape index (κ1) is 14.4. The van der Waals surface area contributed by atoms with Crippen LogP contribution in [0.2, 0.25) is 10.0 Å². The summed E-state index contributed by atoms with van der Waals surface area (Å²) in [5.41, 5.74) is 0.796. The van der Waals surface area contributed by atoms with Crippen molar-refractivity contribution in [1.82, 2.24) is 5.32 Å². The molecule has 0 aliphatic heterocycles. The van der Waals surface area contributed by atoms with Gasteiger partial charge >= 0.3 is 0 Å². The van der Waals surface area contributed by atoms with Gasteiger partial charge in [0.1, 0.15) is 0 Å². The summed E-state index contributed by atoms with van der Waals surface area (Å²) >= 11 is 15.1. The number of carbonyl (C=O) groups is 1. The van der Waals surface area contributed by atoms with E-state index in [4.69, 9.17) is 27.6 Å². The standard InChI is InChI=1S/C13H10BrCl2NO2/c1-7(9-3-2-8(15)6-10(9)16)17-13(18)11-4-5-12(14)19-11/h2-7H,1H3,(H,17,18). The number of hydrogen-bond acceptors (Lipinski definition) is 2. The summed E-state index contributed by atoms with van der Waals surface area (Å²) < 4.78 is 5.69. The zero-order valence-corrected chi connectivity index (χ0v) is 13.0. The molecule has 0 saturated carbocycles. The van der Waals surface area contributed by atoms with Crippen molar-refractivity contribution in [2.24, 2.45) is 0 Å². The first-order valence-electron chi connectivity index (χ1n) is 5.48. The molecule has 1 aromatic heterocycles. The Kier molecular flexibility index (Phi) is 4.55. The fourth-order valence-corrected chi connectivity index (χ4v) is 2.51. The third-order valence-corrected chi connectivity index (χ3v) is 3.56. The SMILES string of the molecule is CC(NC(=O)c1ccc(Br)o1)c1ccc(Cl)cc1Cl. The smallest absolute Gasteiger partial charge is 0.287 e.